The maximum atomic E-state index is 9.13. The molecule has 2 N–H and O–H groups in total. The number of aliphatic hydroxyl groups excluding tert-OH is 1. The van der Waals surface area contributed by atoms with Crippen LogP contribution in [-0.2, 0) is 0 Å². The van der Waals surface area contributed by atoms with Gasteiger partial charge in [-0.1, -0.05) is 0 Å². The average Bonchev–Trinajstić information content (AvgIpc) is 2.13. The van der Waals surface area contributed by atoms with Gasteiger partial charge >= 0.3 is 0 Å². The van der Waals surface area contributed by atoms with E-state index in [9.17, 15) is 0 Å². The van der Waals surface area contributed by atoms with Gasteiger partial charge in [-0.05, 0) is 20.3 Å². The minimum atomic E-state index is -0.119. The minimum Gasteiger partial charge on any atom is -0.392 e. The zero-order valence-corrected chi connectivity index (χ0v) is 6.67. The van der Waals surface area contributed by atoms with Crippen molar-refractivity contribution in [1.82, 2.24) is 10.4 Å². The highest BCUT2D eigenvalue weighted by Gasteiger charge is 2.19. The Kier molecular flexibility index (Phi) is 2.65. The Morgan fingerprint density at radius 1 is 1.60 bits per heavy atom. The van der Waals surface area contributed by atoms with Gasteiger partial charge in [-0.15, -0.1) is 0 Å². The van der Waals surface area contributed by atoms with E-state index in [2.05, 4.69) is 24.3 Å². The SMILES string of the molecule is CC(C)NN1CCC(O)C1. The van der Waals surface area contributed by atoms with Gasteiger partial charge in [0.15, 0.2) is 0 Å². The summed E-state index contributed by atoms with van der Waals surface area (Å²) >= 11 is 0. The number of aliphatic hydroxyl groups is 1. The molecule has 1 atom stereocenters. The lowest BCUT2D eigenvalue weighted by Gasteiger charge is -2.19. The Hall–Kier alpha value is -0.120. The van der Waals surface area contributed by atoms with Crippen LogP contribution in [0.25, 0.3) is 0 Å². The Balaban J connectivity index is 2.18. The van der Waals surface area contributed by atoms with E-state index >= 15 is 0 Å². The molecule has 0 aromatic heterocycles. The summed E-state index contributed by atoms with van der Waals surface area (Å²) in [5.41, 5.74) is 3.25. The molecule has 0 spiro atoms. The second-order valence-electron chi connectivity index (χ2n) is 3.17. The molecule has 0 amide bonds. The number of hydrogen-bond acceptors (Lipinski definition) is 3. The lowest BCUT2D eigenvalue weighted by molar-refractivity contribution is 0.147. The standard InChI is InChI=1S/C7H16N2O/c1-6(2)8-9-4-3-7(10)5-9/h6-8,10H,3-5H2,1-2H3. The maximum Gasteiger partial charge on any atom is 0.0693 e. The number of hydrazine groups is 1. The summed E-state index contributed by atoms with van der Waals surface area (Å²) < 4.78 is 0. The summed E-state index contributed by atoms with van der Waals surface area (Å²) in [5.74, 6) is 0. The fourth-order valence-corrected chi connectivity index (χ4v) is 1.22. The van der Waals surface area contributed by atoms with Crippen LogP contribution in [0, 0.1) is 0 Å². The highest BCUT2D eigenvalue weighted by Crippen LogP contribution is 2.05. The predicted octanol–water partition coefficient (Wildman–Crippen LogP) is -0.0340. The van der Waals surface area contributed by atoms with Crippen molar-refractivity contribution in [3.63, 3.8) is 0 Å². The van der Waals surface area contributed by atoms with Gasteiger partial charge in [-0.2, -0.15) is 0 Å². The van der Waals surface area contributed by atoms with E-state index in [0.29, 0.717) is 6.04 Å². The van der Waals surface area contributed by atoms with Gasteiger partial charge in [-0.25, -0.2) is 5.01 Å². The summed E-state index contributed by atoms with van der Waals surface area (Å²) in [7, 11) is 0. The Morgan fingerprint density at radius 3 is 2.70 bits per heavy atom. The van der Waals surface area contributed by atoms with Crippen molar-refractivity contribution in [2.75, 3.05) is 13.1 Å². The number of β-amino-alcohol motifs (C(OH)–C–C–N with tert-alkyl or cyclic N) is 1. The first kappa shape index (κ1) is 7.98. The van der Waals surface area contributed by atoms with Crippen LogP contribution in [0.3, 0.4) is 0 Å². The summed E-state index contributed by atoms with van der Waals surface area (Å²) in [5, 5.41) is 11.2. The quantitative estimate of drug-likeness (QED) is 0.571. The Morgan fingerprint density at radius 2 is 2.30 bits per heavy atom. The predicted molar refractivity (Wildman–Crippen MR) is 40.5 cm³/mol. The van der Waals surface area contributed by atoms with Gasteiger partial charge in [0.05, 0.1) is 6.10 Å². The third-order valence-electron chi connectivity index (χ3n) is 1.60. The van der Waals surface area contributed by atoms with E-state index in [1.54, 1.807) is 0 Å². The van der Waals surface area contributed by atoms with Crippen molar-refractivity contribution in [3.8, 4) is 0 Å². The van der Waals surface area contributed by atoms with E-state index in [1.165, 1.54) is 0 Å². The van der Waals surface area contributed by atoms with Crippen molar-refractivity contribution < 1.29 is 5.11 Å². The van der Waals surface area contributed by atoms with Crippen LogP contribution in [0.15, 0.2) is 0 Å². The first-order chi connectivity index (χ1) is 4.68. The molecule has 1 aliphatic heterocycles. The Labute approximate surface area is 62.0 Å². The normalized spacial score (nSPS) is 28.2. The molecule has 0 bridgehead atoms. The molecule has 1 fully saturated rings. The largest absolute Gasteiger partial charge is 0.392 e. The molecule has 0 aliphatic carbocycles. The van der Waals surface area contributed by atoms with Gasteiger partial charge in [0, 0.05) is 19.1 Å². The van der Waals surface area contributed by atoms with E-state index in [1.807, 2.05) is 0 Å². The molecule has 1 unspecified atom stereocenters. The molecule has 0 saturated carbocycles. The smallest absolute Gasteiger partial charge is 0.0693 e. The number of rotatable bonds is 2. The molecular formula is C7H16N2O. The number of nitrogens with one attached hydrogen (secondary N) is 1. The van der Waals surface area contributed by atoms with Crippen molar-refractivity contribution in [2.24, 2.45) is 0 Å². The van der Waals surface area contributed by atoms with Gasteiger partial charge in [0.1, 0.15) is 0 Å². The number of hydrogen-bond donors (Lipinski definition) is 2. The lowest BCUT2D eigenvalue weighted by Crippen LogP contribution is -2.40. The van der Waals surface area contributed by atoms with Crippen LogP contribution in [0.2, 0.25) is 0 Å². The van der Waals surface area contributed by atoms with Crippen LogP contribution >= 0.6 is 0 Å². The van der Waals surface area contributed by atoms with Crippen molar-refractivity contribution in [1.29, 1.82) is 0 Å². The zero-order valence-electron chi connectivity index (χ0n) is 6.67. The van der Waals surface area contributed by atoms with E-state index in [0.717, 1.165) is 19.5 Å². The Bertz CT molecular complexity index is 106. The molecule has 1 heterocycles. The van der Waals surface area contributed by atoms with Crippen molar-refractivity contribution in [3.05, 3.63) is 0 Å². The molecule has 1 aliphatic rings. The van der Waals surface area contributed by atoms with E-state index in [-0.39, 0.29) is 6.10 Å². The molecule has 3 heteroatoms. The summed E-state index contributed by atoms with van der Waals surface area (Å²) in [6.45, 7) is 5.95. The molecule has 3 nitrogen and oxygen atoms in total. The summed E-state index contributed by atoms with van der Waals surface area (Å²) in [4.78, 5) is 0. The zero-order chi connectivity index (χ0) is 7.56. The minimum absolute atomic E-state index is 0.119. The molecule has 60 valence electrons. The fraction of sp³-hybridized carbons (Fsp3) is 1.00. The third kappa shape index (κ3) is 2.25. The summed E-state index contributed by atoms with van der Waals surface area (Å²) in [6.07, 6.45) is 0.783. The van der Waals surface area contributed by atoms with E-state index in [4.69, 9.17) is 5.11 Å². The fourth-order valence-electron chi connectivity index (χ4n) is 1.22. The highest BCUT2D eigenvalue weighted by molar-refractivity contribution is 4.71. The lowest BCUT2D eigenvalue weighted by atomic mass is 10.3. The first-order valence-corrected chi connectivity index (χ1v) is 3.87. The first-order valence-electron chi connectivity index (χ1n) is 3.87. The van der Waals surface area contributed by atoms with Gasteiger partial charge < -0.3 is 5.11 Å². The second-order valence-corrected chi connectivity index (χ2v) is 3.17. The van der Waals surface area contributed by atoms with Crippen molar-refractivity contribution >= 4 is 0 Å². The molecule has 0 aromatic rings. The molecule has 10 heavy (non-hydrogen) atoms. The van der Waals surface area contributed by atoms with Gasteiger partial charge in [-0.3, -0.25) is 5.43 Å². The van der Waals surface area contributed by atoms with Crippen molar-refractivity contribution in [2.45, 2.75) is 32.4 Å². The molecular weight excluding hydrogens is 128 g/mol. The molecule has 1 saturated heterocycles. The summed E-state index contributed by atoms with van der Waals surface area (Å²) in [6, 6.07) is 0.477. The highest BCUT2D eigenvalue weighted by atomic mass is 16.3. The van der Waals surface area contributed by atoms with Crippen LogP contribution in [-0.4, -0.2) is 35.4 Å². The van der Waals surface area contributed by atoms with Crippen LogP contribution in [0.4, 0.5) is 0 Å². The molecule has 1 rings (SSSR count). The monoisotopic (exact) mass is 144 g/mol. The number of nitrogens with zero attached hydrogens (tertiary/aromatic N) is 1. The third-order valence-corrected chi connectivity index (χ3v) is 1.60. The topological polar surface area (TPSA) is 35.5 Å². The van der Waals surface area contributed by atoms with Gasteiger partial charge in [0.2, 0.25) is 0 Å². The second kappa shape index (κ2) is 3.32. The van der Waals surface area contributed by atoms with Crippen LogP contribution in [0.1, 0.15) is 20.3 Å². The van der Waals surface area contributed by atoms with Crippen LogP contribution in [0.5, 0.6) is 0 Å². The van der Waals surface area contributed by atoms with E-state index < -0.39 is 0 Å². The van der Waals surface area contributed by atoms with Gasteiger partial charge in [0.25, 0.3) is 0 Å². The molecule has 0 aromatic carbocycles. The molecule has 0 radical (unpaired) electrons. The average molecular weight is 144 g/mol. The van der Waals surface area contributed by atoms with Crippen LogP contribution < -0.4 is 5.43 Å². The maximum absolute atomic E-state index is 9.13.